The van der Waals surface area contributed by atoms with E-state index in [9.17, 15) is 4.79 Å². The van der Waals surface area contributed by atoms with E-state index < -0.39 is 0 Å². The predicted molar refractivity (Wildman–Crippen MR) is 68.1 cm³/mol. The fraction of sp³-hybridized carbons (Fsp3) is 0.643. The summed E-state index contributed by atoms with van der Waals surface area (Å²) in [6.07, 6.45) is 3.29. The Bertz CT molecular complexity index is 450. The fourth-order valence-electron chi connectivity index (χ4n) is 2.88. The number of hydrogen-bond acceptors (Lipinski definition) is 3. The number of carbonyl (C=O) groups excluding carboxylic acids is 1. The van der Waals surface area contributed by atoms with Crippen molar-refractivity contribution in [3.05, 3.63) is 23.7 Å². The quantitative estimate of drug-likeness (QED) is 0.865. The van der Waals surface area contributed by atoms with Gasteiger partial charge in [0.15, 0.2) is 0 Å². The topological polar surface area (TPSA) is 59.5 Å². The Morgan fingerprint density at radius 1 is 1.39 bits per heavy atom. The zero-order valence-electron chi connectivity index (χ0n) is 10.8. The number of furan rings is 1. The Morgan fingerprint density at radius 2 is 2.17 bits per heavy atom. The van der Waals surface area contributed by atoms with Gasteiger partial charge < -0.3 is 15.1 Å². The molecule has 1 amide bonds. The minimum Gasteiger partial charge on any atom is -0.466 e. The highest BCUT2D eigenvalue weighted by atomic mass is 16.3. The fourth-order valence-corrected chi connectivity index (χ4v) is 2.88. The van der Waals surface area contributed by atoms with Crippen molar-refractivity contribution in [3.8, 4) is 0 Å². The van der Waals surface area contributed by atoms with Crippen LogP contribution in [-0.2, 0) is 4.79 Å². The molecule has 2 N–H and O–H groups in total. The van der Waals surface area contributed by atoms with E-state index in [-0.39, 0.29) is 17.9 Å². The van der Waals surface area contributed by atoms with Crippen LogP contribution < -0.4 is 5.73 Å². The maximum atomic E-state index is 12.2. The maximum Gasteiger partial charge on any atom is 0.225 e. The van der Waals surface area contributed by atoms with Crippen LogP contribution in [0.5, 0.6) is 0 Å². The monoisotopic (exact) mass is 248 g/mol. The lowest BCUT2D eigenvalue weighted by Crippen LogP contribution is -2.38. The van der Waals surface area contributed by atoms with Gasteiger partial charge in [0.2, 0.25) is 5.91 Å². The molecule has 0 aromatic carbocycles. The highest BCUT2D eigenvalue weighted by Gasteiger charge is 2.39. The number of amides is 1. The Balaban J connectivity index is 1.70. The first kappa shape index (κ1) is 11.8. The lowest BCUT2D eigenvalue weighted by molar-refractivity contribution is -0.137. The highest BCUT2D eigenvalue weighted by molar-refractivity contribution is 5.80. The van der Waals surface area contributed by atoms with Crippen molar-refractivity contribution in [2.24, 2.45) is 11.7 Å². The molecule has 4 nitrogen and oxygen atoms in total. The average Bonchev–Trinajstić information content (AvgIpc) is 2.82. The summed E-state index contributed by atoms with van der Waals surface area (Å²) < 4.78 is 5.65. The molecule has 2 fully saturated rings. The zero-order valence-corrected chi connectivity index (χ0v) is 10.8. The second-order valence-corrected chi connectivity index (χ2v) is 5.59. The van der Waals surface area contributed by atoms with Crippen molar-refractivity contribution in [2.45, 2.75) is 38.1 Å². The lowest BCUT2D eigenvalue weighted by atomic mass is 9.84. The SMILES string of the molecule is Cc1ccc([C@@H]2CN(C(=O)C3CCC3)C[C@H]2N)o1. The van der Waals surface area contributed by atoms with E-state index in [2.05, 4.69) is 0 Å². The van der Waals surface area contributed by atoms with Crippen molar-refractivity contribution in [2.75, 3.05) is 13.1 Å². The summed E-state index contributed by atoms with van der Waals surface area (Å²) in [6.45, 7) is 3.31. The van der Waals surface area contributed by atoms with Gasteiger partial charge in [-0.1, -0.05) is 6.42 Å². The van der Waals surface area contributed by atoms with Crippen LogP contribution in [0.4, 0.5) is 0 Å². The zero-order chi connectivity index (χ0) is 12.7. The van der Waals surface area contributed by atoms with Crippen molar-refractivity contribution < 1.29 is 9.21 Å². The molecule has 1 aromatic heterocycles. The summed E-state index contributed by atoms with van der Waals surface area (Å²) in [7, 11) is 0. The normalized spacial score (nSPS) is 28.4. The molecule has 18 heavy (non-hydrogen) atoms. The molecule has 3 rings (SSSR count). The van der Waals surface area contributed by atoms with Crippen LogP contribution in [-0.4, -0.2) is 29.9 Å². The molecule has 0 unspecified atom stereocenters. The third-order valence-electron chi connectivity index (χ3n) is 4.26. The molecule has 1 saturated heterocycles. The van der Waals surface area contributed by atoms with Gasteiger partial charge in [0.05, 0.1) is 5.92 Å². The molecule has 2 heterocycles. The first-order chi connectivity index (χ1) is 8.65. The van der Waals surface area contributed by atoms with Gasteiger partial charge in [-0.05, 0) is 31.9 Å². The molecule has 1 saturated carbocycles. The van der Waals surface area contributed by atoms with E-state index in [1.807, 2.05) is 24.0 Å². The van der Waals surface area contributed by atoms with Crippen LogP contribution in [0.25, 0.3) is 0 Å². The van der Waals surface area contributed by atoms with Crippen molar-refractivity contribution in [1.82, 2.24) is 4.90 Å². The first-order valence-electron chi connectivity index (χ1n) is 6.76. The summed E-state index contributed by atoms with van der Waals surface area (Å²) in [5, 5.41) is 0. The number of rotatable bonds is 2. The molecule has 4 heteroatoms. The predicted octanol–water partition coefficient (Wildman–Crippen LogP) is 1.64. The Labute approximate surface area is 107 Å². The van der Waals surface area contributed by atoms with Gasteiger partial charge in [-0.25, -0.2) is 0 Å². The highest BCUT2D eigenvalue weighted by Crippen LogP contribution is 2.33. The second kappa shape index (κ2) is 4.43. The Hall–Kier alpha value is -1.29. The van der Waals surface area contributed by atoms with Crippen LogP contribution in [0.15, 0.2) is 16.5 Å². The third-order valence-corrected chi connectivity index (χ3v) is 4.26. The summed E-state index contributed by atoms with van der Waals surface area (Å²) in [5.41, 5.74) is 6.15. The van der Waals surface area contributed by atoms with Crippen LogP contribution in [0.1, 0.15) is 36.7 Å². The van der Waals surface area contributed by atoms with Gasteiger partial charge in [-0.15, -0.1) is 0 Å². The minimum absolute atomic E-state index is 0.000392. The summed E-state index contributed by atoms with van der Waals surface area (Å²) in [4.78, 5) is 14.1. The molecule has 0 bridgehead atoms. The van der Waals surface area contributed by atoms with Gasteiger partial charge in [0, 0.05) is 25.0 Å². The van der Waals surface area contributed by atoms with E-state index in [1.54, 1.807) is 0 Å². The van der Waals surface area contributed by atoms with Gasteiger partial charge in [0.25, 0.3) is 0 Å². The summed E-state index contributed by atoms with van der Waals surface area (Å²) in [6, 6.07) is 3.94. The van der Waals surface area contributed by atoms with Crippen molar-refractivity contribution in [3.63, 3.8) is 0 Å². The van der Waals surface area contributed by atoms with Gasteiger partial charge in [-0.2, -0.15) is 0 Å². The Kier molecular flexibility index (Phi) is 2.90. The molecule has 0 radical (unpaired) electrons. The molecule has 1 aliphatic heterocycles. The molecular formula is C14H20N2O2. The largest absolute Gasteiger partial charge is 0.466 e. The molecule has 1 aromatic rings. The molecule has 1 aliphatic carbocycles. The van der Waals surface area contributed by atoms with Crippen molar-refractivity contribution >= 4 is 5.91 Å². The smallest absolute Gasteiger partial charge is 0.225 e. The maximum absolute atomic E-state index is 12.2. The van der Waals surface area contributed by atoms with E-state index in [0.29, 0.717) is 19.0 Å². The summed E-state index contributed by atoms with van der Waals surface area (Å²) >= 11 is 0. The number of hydrogen-bond donors (Lipinski definition) is 1. The first-order valence-corrected chi connectivity index (χ1v) is 6.76. The van der Waals surface area contributed by atoms with Crippen LogP contribution in [0, 0.1) is 12.8 Å². The van der Waals surface area contributed by atoms with Gasteiger partial charge >= 0.3 is 0 Å². The third kappa shape index (κ3) is 1.94. The van der Waals surface area contributed by atoms with Gasteiger partial charge in [-0.3, -0.25) is 4.79 Å². The number of nitrogens with two attached hydrogens (primary N) is 1. The van der Waals surface area contributed by atoms with Crippen LogP contribution in [0.2, 0.25) is 0 Å². The number of carbonyl (C=O) groups is 1. The molecule has 98 valence electrons. The minimum atomic E-state index is -0.000392. The van der Waals surface area contributed by atoms with Crippen LogP contribution >= 0.6 is 0 Å². The average molecular weight is 248 g/mol. The molecular weight excluding hydrogens is 228 g/mol. The van der Waals surface area contributed by atoms with E-state index in [4.69, 9.17) is 10.2 Å². The van der Waals surface area contributed by atoms with E-state index in [1.165, 1.54) is 6.42 Å². The standard InChI is InChI=1S/C14H20N2O2/c1-9-5-6-13(18-9)11-7-16(8-12(11)15)14(17)10-3-2-4-10/h5-6,10-12H,2-4,7-8,15H2,1H3/t11-,12-/m1/s1. The van der Waals surface area contributed by atoms with Gasteiger partial charge in [0.1, 0.15) is 11.5 Å². The Morgan fingerprint density at radius 3 is 2.72 bits per heavy atom. The molecule has 0 spiro atoms. The number of aryl methyl sites for hydroxylation is 1. The van der Waals surface area contributed by atoms with Crippen molar-refractivity contribution in [1.29, 1.82) is 0 Å². The number of nitrogens with zero attached hydrogens (tertiary/aromatic N) is 1. The molecule has 2 atom stereocenters. The van der Waals surface area contributed by atoms with Crippen LogP contribution in [0.3, 0.4) is 0 Å². The lowest BCUT2D eigenvalue weighted by Gasteiger charge is -2.29. The molecule has 2 aliphatic rings. The number of likely N-dealkylation sites (tertiary alicyclic amines) is 1. The van der Waals surface area contributed by atoms with E-state index in [0.717, 1.165) is 24.4 Å². The summed E-state index contributed by atoms with van der Waals surface area (Å²) in [5.74, 6) is 2.53. The second-order valence-electron chi connectivity index (χ2n) is 5.59. The van der Waals surface area contributed by atoms with E-state index >= 15 is 0 Å².